The third-order valence-electron chi connectivity index (χ3n) is 5.22. The lowest BCUT2D eigenvalue weighted by atomic mass is 10.0. The first-order valence-corrected chi connectivity index (χ1v) is 12.3. The Hall–Kier alpha value is -2.65. The van der Waals surface area contributed by atoms with E-state index in [4.69, 9.17) is 4.74 Å². The van der Waals surface area contributed by atoms with Crippen LogP contribution in [0.1, 0.15) is 44.7 Å². The summed E-state index contributed by atoms with van der Waals surface area (Å²) in [6.45, 7) is 3.63. The second-order valence-corrected chi connectivity index (χ2v) is 9.04. The molecule has 7 nitrogen and oxygen atoms in total. The van der Waals surface area contributed by atoms with Gasteiger partial charge in [0.05, 0.1) is 13.2 Å². The summed E-state index contributed by atoms with van der Waals surface area (Å²) in [6, 6.07) is 10.2. The third kappa shape index (κ3) is 4.67. The maximum absolute atomic E-state index is 13.0. The van der Waals surface area contributed by atoms with E-state index < -0.39 is 5.97 Å². The second kappa shape index (κ2) is 9.65. The minimum Gasteiger partial charge on any atom is -0.461 e. The molecule has 0 bridgehead atoms. The normalized spacial score (nSPS) is 13.2. The molecule has 0 fully saturated rings. The van der Waals surface area contributed by atoms with Crippen molar-refractivity contribution in [1.29, 1.82) is 0 Å². The van der Waals surface area contributed by atoms with Crippen LogP contribution in [-0.4, -0.2) is 50.9 Å². The molecule has 0 radical (unpaired) electrons. The number of carbonyl (C=O) groups is 2. The fourth-order valence-corrected chi connectivity index (χ4v) is 4.94. The highest BCUT2D eigenvalue weighted by molar-refractivity contribution is 8.00. The van der Waals surface area contributed by atoms with Crippen LogP contribution in [0.3, 0.4) is 0 Å². The molecule has 0 unspecified atom stereocenters. The molecule has 0 atom stereocenters. The van der Waals surface area contributed by atoms with E-state index >= 15 is 0 Å². The number of rotatable bonds is 7. The van der Waals surface area contributed by atoms with Gasteiger partial charge in [0, 0.05) is 36.1 Å². The second-order valence-electron chi connectivity index (χ2n) is 7.13. The van der Waals surface area contributed by atoms with Gasteiger partial charge in [-0.05, 0) is 25.2 Å². The molecule has 0 N–H and O–H groups in total. The number of hydrogen-bond donors (Lipinski definition) is 0. The number of thioether (sulfide) groups is 1. The van der Waals surface area contributed by atoms with Crippen molar-refractivity contribution in [3.63, 3.8) is 0 Å². The summed E-state index contributed by atoms with van der Waals surface area (Å²) in [5, 5.41) is 6.39. The number of benzene rings is 1. The van der Waals surface area contributed by atoms with Crippen molar-refractivity contribution < 1.29 is 14.3 Å². The van der Waals surface area contributed by atoms with Gasteiger partial charge in [0.25, 0.3) is 5.91 Å². The molecule has 3 heterocycles. The molecule has 0 spiro atoms. The minimum atomic E-state index is -0.440. The summed E-state index contributed by atoms with van der Waals surface area (Å²) in [5.74, 6) is -0.557. The van der Waals surface area contributed by atoms with E-state index in [1.165, 1.54) is 28.7 Å². The Morgan fingerprint density at radius 3 is 2.77 bits per heavy atom. The van der Waals surface area contributed by atoms with Crippen molar-refractivity contribution in [2.24, 2.45) is 0 Å². The monoisotopic (exact) mass is 456 g/mol. The number of fused-ring (bicyclic) bond motifs is 1. The first kappa shape index (κ1) is 21.6. The molecular weight excluding hydrogens is 432 g/mol. The van der Waals surface area contributed by atoms with E-state index in [1.807, 2.05) is 29.1 Å². The fraction of sp³-hybridized carbons (Fsp3) is 0.364. The van der Waals surface area contributed by atoms with Crippen molar-refractivity contribution in [2.75, 3.05) is 19.4 Å². The molecule has 1 amide bonds. The zero-order valence-electron chi connectivity index (χ0n) is 17.5. The van der Waals surface area contributed by atoms with Gasteiger partial charge in [0.2, 0.25) is 0 Å². The Balaban J connectivity index is 1.58. The molecule has 2 aromatic heterocycles. The molecule has 1 aromatic carbocycles. The Bertz CT molecular complexity index is 1080. The highest BCUT2D eigenvalue weighted by Gasteiger charge is 2.31. The summed E-state index contributed by atoms with van der Waals surface area (Å²) < 4.78 is 8.01. The SMILES string of the molecule is CCOC(=O)c1nn(CCc2ccccc2)c2c1CN(C(=O)c1csc(SC)n1)CC2. The average Bonchev–Trinajstić information content (AvgIpc) is 3.42. The van der Waals surface area contributed by atoms with Crippen molar-refractivity contribution >= 4 is 35.0 Å². The van der Waals surface area contributed by atoms with Crippen molar-refractivity contribution in [3.05, 3.63) is 63.9 Å². The predicted octanol–water partition coefficient (Wildman–Crippen LogP) is 3.68. The molecule has 0 saturated heterocycles. The van der Waals surface area contributed by atoms with Crippen LogP contribution in [0.2, 0.25) is 0 Å². The van der Waals surface area contributed by atoms with Gasteiger partial charge in [-0.2, -0.15) is 5.10 Å². The Kier molecular flexibility index (Phi) is 6.72. The Morgan fingerprint density at radius 1 is 1.26 bits per heavy atom. The van der Waals surface area contributed by atoms with Crippen molar-refractivity contribution in [2.45, 2.75) is 37.2 Å². The summed E-state index contributed by atoms with van der Waals surface area (Å²) in [5.41, 5.74) is 3.76. The first-order chi connectivity index (χ1) is 15.1. The van der Waals surface area contributed by atoms with E-state index in [2.05, 4.69) is 22.2 Å². The van der Waals surface area contributed by atoms with Crippen molar-refractivity contribution in [1.82, 2.24) is 19.7 Å². The largest absolute Gasteiger partial charge is 0.461 e. The Labute approximate surface area is 189 Å². The van der Waals surface area contributed by atoms with E-state index in [0.717, 1.165) is 22.0 Å². The highest BCUT2D eigenvalue weighted by atomic mass is 32.2. The van der Waals surface area contributed by atoms with Crippen LogP contribution < -0.4 is 0 Å². The maximum Gasteiger partial charge on any atom is 0.359 e. The summed E-state index contributed by atoms with van der Waals surface area (Å²) in [6.07, 6.45) is 3.40. The lowest BCUT2D eigenvalue weighted by molar-refractivity contribution is 0.0513. The molecule has 31 heavy (non-hydrogen) atoms. The van der Waals surface area contributed by atoms with Crippen LogP contribution in [0.25, 0.3) is 0 Å². The zero-order chi connectivity index (χ0) is 21.8. The number of ether oxygens (including phenoxy) is 1. The number of hydrogen-bond acceptors (Lipinski definition) is 7. The lowest BCUT2D eigenvalue weighted by Gasteiger charge is -2.27. The quantitative estimate of drug-likeness (QED) is 0.399. The van der Waals surface area contributed by atoms with E-state index in [9.17, 15) is 9.59 Å². The standard InChI is InChI=1S/C22H24N4O3S2/c1-3-29-21(28)19-16-13-25(20(27)17-14-31-22(23-17)30-2)11-10-18(16)26(24-19)12-9-15-7-5-4-6-8-15/h4-8,14H,3,9-13H2,1-2H3. The number of carbonyl (C=O) groups excluding carboxylic acids is 2. The molecule has 3 aromatic rings. The maximum atomic E-state index is 13.0. The highest BCUT2D eigenvalue weighted by Crippen LogP contribution is 2.26. The zero-order valence-corrected chi connectivity index (χ0v) is 19.2. The van der Waals surface area contributed by atoms with Crippen LogP contribution in [-0.2, 0) is 30.7 Å². The van der Waals surface area contributed by atoms with E-state index in [1.54, 1.807) is 17.2 Å². The van der Waals surface area contributed by atoms with Gasteiger partial charge in [-0.1, -0.05) is 42.1 Å². The van der Waals surface area contributed by atoms with Gasteiger partial charge in [-0.3, -0.25) is 9.48 Å². The summed E-state index contributed by atoms with van der Waals surface area (Å²) in [4.78, 5) is 31.7. The number of aryl methyl sites for hydroxylation is 2. The van der Waals surface area contributed by atoms with Crippen LogP contribution in [0.15, 0.2) is 40.1 Å². The molecule has 4 rings (SSSR count). The van der Waals surface area contributed by atoms with Gasteiger partial charge in [-0.25, -0.2) is 9.78 Å². The number of esters is 1. The third-order valence-corrected chi connectivity index (χ3v) is 7.09. The van der Waals surface area contributed by atoms with E-state index in [0.29, 0.717) is 37.4 Å². The Morgan fingerprint density at radius 2 is 2.06 bits per heavy atom. The summed E-state index contributed by atoms with van der Waals surface area (Å²) >= 11 is 2.99. The fourth-order valence-electron chi connectivity index (χ4n) is 3.70. The van der Waals surface area contributed by atoms with Crippen LogP contribution in [0, 0.1) is 0 Å². The van der Waals surface area contributed by atoms with Crippen LogP contribution in [0.4, 0.5) is 0 Å². The number of amides is 1. The molecule has 1 aliphatic heterocycles. The average molecular weight is 457 g/mol. The molecule has 9 heteroatoms. The molecule has 162 valence electrons. The van der Waals surface area contributed by atoms with Crippen LogP contribution >= 0.6 is 23.1 Å². The number of nitrogens with zero attached hydrogens (tertiary/aromatic N) is 4. The molecule has 0 saturated carbocycles. The van der Waals surface area contributed by atoms with Crippen LogP contribution in [0.5, 0.6) is 0 Å². The smallest absolute Gasteiger partial charge is 0.359 e. The van der Waals surface area contributed by atoms with E-state index in [-0.39, 0.29) is 12.5 Å². The lowest BCUT2D eigenvalue weighted by Crippen LogP contribution is -2.37. The van der Waals surface area contributed by atoms with Gasteiger partial charge >= 0.3 is 5.97 Å². The first-order valence-electron chi connectivity index (χ1n) is 10.2. The predicted molar refractivity (Wildman–Crippen MR) is 121 cm³/mol. The van der Waals surface area contributed by atoms with Gasteiger partial charge in [-0.15, -0.1) is 11.3 Å². The van der Waals surface area contributed by atoms with Gasteiger partial charge in [0.15, 0.2) is 5.69 Å². The van der Waals surface area contributed by atoms with Gasteiger partial charge < -0.3 is 9.64 Å². The van der Waals surface area contributed by atoms with Crippen molar-refractivity contribution in [3.8, 4) is 0 Å². The number of thiazole rings is 1. The van der Waals surface area contributed by atoms with Gasteiger partial charge in [0.1, 0.15) is 10.0 Å². The molecule has 0 aliphatic carbocycles. The number of aromatic nitrogens is 3. The topological polar surface area (TPSA) is 77.3 Å². The summed E-state index contributed by atoms with van der Waals surface area (Å²) in [7, 11) is 0. The molecule has 1 aliphatic rings. The minimum absolute atomic E-state index is 0.117. The molecular formula is C22H24N4O3S2.